The molecule has 0 spiro atoms. The number of aromatic nitrogens is 4. The monoisotopic (exact) mass is 454 g/mol. The zero-order valence-electron chi connectivity index (χ0n) is 20.9. The molecule has 2 atom stereocenters. The van der Waals surface area contributed by atoms with E-state index in [2.05, 4.69) is 60.5 Å². The van der Waals surface area contributed by atoms with Crippen molar-refractivity contribution in [3.8, 4) is 0 Å². The van der Waals surface area contributed by atoms with E-state index in [0.29, 0.717) is 24.2 Å². The quantitative estimate of drug-likeness (QED) is 0.524. The summed E-state index contributed by atoms with van der Waals surface area (Å²) in [6, 6.07) is 1.93. The van der Waals surface area contributed by atoms with E-state index in [0.717, 1.165) is 67.3 Å². The van der Waals surface area contributed by atoms with Crippen molar-refractivity contribution in [1.82, 2.24) is 29.8 Å². The lowest BCUT2D eigenvalue weighted by molar-refractivity contribution is 0.221. The van der Waals surface area contributed by atoms with Crippen LogP contribution in [0, 0.1) is 0 Å². The summed E-state index contributed by atoms with van der Waals surface area (Å²) < 4.78 is 1.88. The number of allylic oxidation sites excluding steroid dienone is 1. The van der Waals surface area contributed by atoms with Gasteiger partial charge in [0.15, 0.2) is 5.65 Å². The summed E-state index contributed by atoms with van der Waals surface area (Å²) in [5.41, 5.74) is 3.19. The summed E-state index contributed by atoms with van der Waals surface area (Å²) in [6.45, 7) is 8.43. The minimum absolute atomic E-state index is 0.358. The first-order valence-corrected chi connectivity index (χ1v) is 12.8. The lowest BCUT2D eigenvalue weighted by atomic mass is 9.90. The maximum absolute atomic E-state index is 4.91. The van der Waals surface area contributed by atoms with E-state index >= 15 is 0 Å². The first-order valence-electron chi connectivity index (χ1n) is 12.8. The topological polar surface area (TPSA) is 82.4 Å². The van der Waals surface area contributed by atoms with Crippen LogP contribution in [0.15, 0.2) is 18.5 Å². The van der Waals surface area contributed by atoms with Crippen LogP contribution < -0.4 is 16.0 Å². The van der Waals surface area contributed by atoms with E-state index in [1.807, 2.05) is 10.7 Å². The van der Waals surface area contributed by atoms with Crippen molar-refractivity contribution in [2.24, 2.45) is 0 Å². The van der Waals surface area contributed by atoms with Crippen molar-refractivity contribution < 1.29 is 0 Å². The molecule has 2 aliphatic carbocycles. The predicted molar refractivity (Wildman–Crippen MR) is 136 cm³/mol. The molecule has 2 unspecified atom stereocenters. The van der Waals surface area contributed by atoms with Gasteiger partial charge in [0.1, 0.15) is 0 Å². The first kappa shape index (κ1) is 23.8. The minimum Gasteiger partial charge on any atom is -0.386 e. The van der Waals surface area contributed by atoms with Gasteiger partial charge in [-0.15, -0.1) is 0 Å². The third-order valence-corrected chi connectivity index (χ3v) is 7.42. The van der Waals surface area contributed by atoms with Crippen LogP contribution in [0.25, 0.3) is 5.65 Å². The van der Waals surface area contributed by atoms with Gasteiger partial charge in [-0.3, -0.25) is 0 Å². The summed E-state index contributed by atoms with van der Waals surface area (Å²) >= 11 is 0. The standard InChI is InChI=1S/C25H42N8/c1-6-17(3)27-20-9-8-10-21(15-20)29-25-31-24(30-23-18(7-2)16-26-33(23)25)28-19-11-13-22(14-12-19)32(4)5/h16,19-22,27H,3,6-15H2,1-2,4-5H3,(H2,28,29,30,31). The molecule has 2 aromatic rings. The number of aryl methyl sites for hydroxylation is 1. The zero-order chi connectivity index (χ0) is 23.4. The van der Waals surface area contributed by atoms with Gasteiger partial charge in [0, 0.05) is 35.4 Å². The normalized spacial score (nSPS) is 25.8. The van der Waals surface area contributed by atoms with E-state index in [-0.39, 0.29) is 0 Å². The van der Waals surface area contributed by atoms with E-state index in [4.69, 9.17) is 9.97 Å². The average Bonchev–Trinajstić information content (AvgIpc) is 3.23. The summed E-state index contributed by atoms with van der Waals surface area (Å²) in [4.78, 5) is 12.1. The van der Waals surface area contributed by atoms with Crippen molar-refractivity contribution in [2.45, 2.75) is 102 Å². The van der Waals surface area contributed by atoms with Crippen LogP contribution >= 0.6 is 0 Å². The molecule has 0 aliphatic heterocycles. The first-order chi connectivity index (χ1) is 16.0. The molecule has 2 saturated carbocycles. The summed E-state index contributed by atoms with van der Waals surface area (Å²) in [5.74, 6) is 1.52. The van der Waals surface area contributed by atoms with Crippen molar-refractivity contribution in [3.05, 3.63) is 24.0 Å². The van der Waals surface area contributed by atoms with Crippen molar-refractivity contribution in [1.29, 1.82) is 0 Å². The van der Waals surface area contributed by atoms with Crippen LogP contribution in [0.5, 0.6) is 0 Å². The number of hydrogen-bond donors (Lipinski definition) is 3. The molecule has 0 radical (unpaired) electrons. The Labute approximate surface area is 198 Å². The van der Waals surface area contributed by atoms with Crippen LogP contribution in [0.2, 0.25) is 0 Å². The van der Waals surface area contributed by atoms with Gasteiger partial charge in [-0.05, 0) is 78.3 Å². The number of rotatable bonds is 9. The zero-order valence-corrected chi connectivity index (χ0v) is 20.9. The lowest BCUT2D eigenvalue weighted by Crippen LogP contribution is -2.39. The van der Waals surface area contributed by atoms with Gasteiger partial charge in [0.2, 0.25) is 11.9 Å². The summed E-state index contributed by atoms with van der Waals surface area (Å²) in [6.07, 6.45) is 13.1. The molecule has 0 bridgehead atoms. The second-order valence-electron chi connectivity index (χ2n) is 10.0. The maximum atomic E-state index is 4.91. The van der Waals surface area contributed by atoms with E-state index < -0.39 is 0 Å². The predicted octanol–water partition coefficient (Wildman–Crippen LogP) is 4.21. The van der Waals surface area contributed by atoms with Crippen LogP contribution in [-0.2, 0) is 6.42 Å². The lowest BCUT2D eigenvalue weighted by Gasteiger charge is -2.33. The van der Waals surface area contributed by atoms with Crippen LogP contribution in [0.4, 0.5) is 11.9 Å². The smallest absolute Gasteiger partial charge is 0.229 e. The summed E-state index contributed by atoms with van der Waals surface area (Å²) in [5, 5.41) is 15.6. The molecular formula is C25H42N8. The number of nitrogens with one attached hydrogen (secondary N) is 3. The highest BCUT2D eigenvalue weighted by Gasteiger charge is 2.26. The number of nitrogens with zero attached hydrogens (tertiary/aromatic N) is 5. The van der Waals surface area contributed by atoms with Gasteiger partial charge in [0.05, 0.1) is 6.20 Å². The third kappa shape index (κ3) is 5.78. The van der Waals surface area contributed by atoms with E-state index in [1.54, 1.807) is 0 Å². The molecule has 2 aliphatic rings. The Morgan fingerprint density at radius 2 is 1.79 bits per heavy atom. The number of fused-ring (bicyclic) bond motifs is 1. The second kappa shape index (κ2) is 10.7. The van der Waals surface area contributed by atoms with Gasteiger partial charge < -0.3 is 20.9 Å². The van der Waals surface area contributed by atoms with Gasteiger partial charge in [-0.2, -0.15) is 19.6 Å². The Bertz CT molecular complexity index is 928. The molecule has 0 amide bonds. The Balaban J connectivity index is 1.50. The van der Waals surface area contributed by atoms with Gasteiger partial charge >= 0.3 is 0 Å². The van der Waals surface area contributed by atoms with Gasteiger partial charge in [0.25, 0.3) is 0 Å². The Morgan fingerprint density at radius 1 is 1.03 bits per heavy atom. The average molecular weight is 455 g/mol. The molecule has 2 fully saturated rings. The highest BCUT2D eigenvalue weighted by atomic mass is 15.4. The Kier molecular flexibility index (Phi) is 7.73. The largest absolute Gasteiger partial charge is 0.386 e. The Morgan fingerprint density at radius 3 is 2.48 bits per heavy atom. The van der Waals surface area contributed by atoms with Crippen molar-refractivity contribution >= 4 is 17.5 Å². The molecule has 8 nitrogen and oxygen atoms in total. The van der Waals surface area contributed by atoms with E-state index in [9.17, 15) is 0 Å². The minimum atomic E-state index is 0.358. The van der Waals surface area contributed by atoms with Gasteiger partial charge in [-0.25, -0.2) is 0 Å². The SMILES string of the molecule is C=C(CC)NC1CCCC(Nc2nc(NC3CCC(N(C)C)CC3)nc3c(CC)cnn23)C1. The molecule has 0 saturated heterocycles. The molecule has 3 N–H and O–H groups in total. The summed E-state index contributed by atoms with van der Waals surface area (Å²) in [7, 11) is 4.37. The molecule has 182 valence electrons. The highest BCUT2D eigenvalue weighted by Crippen LogP contribution is 2.26. The molecular weight excluding hydrogens is 412 g/mol. The fraction of sp³-hybridized carbons (Fsp3) is 0.720. The van der Waals surface area contributed by atoms with Crippen LogP contribution in [0.1, 0.15) is 77.2 Å². The van der Waals surface area contributed by atoms with Crippen LogP contribution in [0.3, 0.4) is 0 Å². The molecule has 0 aromatic carbocycles. The van der Waals surface area contributed by atoms with Crippen molar-refractivity contribution in [2.75, 3.05) is 24.7 Å². The molecule has 2 aromatic heterocycles. The molecule has 33 heavy (non-hydrogen) atoms. The fourth-order valence-electron chi connectivity index (χ4n) is 5.27. The maximum Gasteiger partial charge on any atom is 0.229 e. The Hall–Kier alpha value is -2.35. The fourth-order valence-corrected chi connectivity index (χ4v) is 5.27. The number of hydrogen-bond acceptors (Lipinski definition) is 7. The molecule has 8 heteroatoms. The second-order valence-corrected chi connectivity index (χ2v) is 10.0. The number of anilines is 2. The molecule has 4 rings (SSSR count). The highest BCUT2D eigenvalue weighted by molar-refractivity contribution is 5.55. The van der Waals surface area contributed by atoms with Crippen molar-refractivity contribution in [3.63, 3.8) is 0 Å². The molecule has 2 heterocycles. The third-order valence-electron chi connectivity index (χ3n) is 7.42. The van der Waals surface area contributed by atoms with Gasteiger partial charge in [-0.1, -0.05) is 20.4 Å². The van der Waals surface area contributed by atoms with E-state index in [1.165, 1.54) is 25.7 Å². The van der Waals surface area contributed by atoms with Crippen LogP contribution in [-0.4, -0.2) is 62.7 Å².